The summed E-state index contributed by atoms with van der Waals surface area (Å²) in [4.78, 5) is 18.7. The molecular formula is C32H35N5O3S. The highest BCUT2D eigenvalue weighted by Gasteiger charge is 2.35. The van der Waals surface area contributed by atoms with Crippen molar-refractivity contribution < 1.29 is 14.3 Å². The highest BCUT2D eigenvalue weighted by Crippen LogP contribution is 2.40. The van der Waals surface area contributed by atoms with Gasteiger partial charge in [-0.3, -0.25) is 4.79 Å². The molecule has 1 amide bonds. The first-order valence-electron chi connectivity index (χ1n) is 13.8. The van der Waals surface area contributed by atoms with Crippen LogP contribution in [-0.4, -0.2) is 33.0 Å². The van der Waals surface area contributed by atoms with Gasteiger partial charge in [0.05, 0.1) is 12.2 Å². The van der Waals surface area contributed by atoms with Crippen LogP contribution in [-0.2, 0) is 11.4 Å². The molecule has 9 heteroatoms. The van der Waals surface area contributed by atoms with E-state index in [1.165, 1.54) is 0 Å². The molecule has 1 aromatic heterocycles. The van der Waals surface area contributed by atoms with Crippen LogP contribution in [0.4, 0.5) is 11.6 Å². The van der Waals surface area contributed by atoms with Crippen LogP contribution < -0.4 is 20.1 Å². The Bertz CT molecular complexity index is 1580. The molecule has 41 heavy (non-hydrogen) atoms. The molecule has 5 rings (SSSR count). The van der Waals surface area contributed by atoms with Gasteiger partial charge in [-0.25, -0.2) is 4.68 Å². The minimum Gasteiger partial charge on any atom is -0.490 e. The maximum atomic E-state index is 14.0. The van der Waals surface area contributed by atoms with Gasteiger partial charge in [-0.15, -0.1) is 5.10 Å². The number of fused-ring (bicyclic) bond motifs is 1. The van der Waals surface area contributed by atoms with Gasteiger partial charge in [0.2, 0.25) is 11.1 Å². The van der Waals surface area contributed by atoms with Crippen molar-refractivity contribution in [2.75, 3.05) is 23.0 Å². The number of carbonyl (C=O) groups excluding carboxylic acids is 1. The van der Waals surface area contributed by atoms with Gasteiger partial charge in [-0.2, -0.15) is 4.98 Å². The molecule has 4 aromatic rings. The number of aromatic nitrogens is 3. The highest BCUT2D eigenvalue weighted by molar-refractivity contribution is 7.99. The zero-order chi connectivity index (χ0) is 28.9. The van der Waals surface area contributed by atoms with Gasteiger partial charge in [0.15, 0.2) is 11.5 Å². The number of hydrogen-bond donors (Lipinski definition) is 2. The summed E-state index contributed by atoms with van der Waals surface area (Å²) in [7, 11) is 0. The molecule has 0 aliphatic carbocycles. The van der Waals surface area contributed by atoms with Gasteiger partial charge in [0.25, 0.3) is 5.91 Å². The number of allylic oxidation sites excluding steroid dienone is 1. The Kier molecular flexibility index (Phi) is 8.64. The fourth-order valence-corrected chi connectivity index (χ4v) is 5.37. The Hall–Kier alpha value is -4.24. The average Bonchev–Trinajstić information content (AvgIpc) is 3.36. The topological polar surface area (TPSA) is 90.3 Å². The van der Waals surface area contributed by atoms with E-state index >= 15 is 0 Å². The van der Waals surface area contributed by atoms with E-state index in [1.807, 2.05) is 94.4 Å². The molecule has 0 fully saturated rings. The Balaban J connectivity index is 1.55. The predicted octanol–water partition coefficient (Wildman–Crippen LogP) is 6.91. The van der Waals surface area contributed by atoms with Crippen LogP contribution in [0.3, 0.4) is 0 Å². The number of hydrogen-bond acceptors (Lipinski definition) is 7. The van der Waals surface area contributed by atoms with Crippen molar-refractivity contribution in [1.29, 1.82) is 0 Å². The van der Waals surface area contributed by atoms with Crippen molar-refractivity contribution in [2.24, 2.45) is 0 Å². The second-order valence-corrected chi connectivity index (χ2v) is 11.0. The number of carbonyl (C=O) groups is 1. The maximum Gasteiger partial charge on any atom is 0.255 e. The van der Waals surface area contributed by atoms with Crippen molar-refractivity contribution in [2.45, 2.75) is 52.4 Å². The van der Waals surface area contributed by atoms with E-state index in [0.29, 0.717) is 47.1 Å². The lowest BCUT2D eigenvalue weighted by atomic mass is 9.94. The molecule has 8 nitrogen and oxygen atoms in total. The largest absolute Gasteiger partial charge is 0.490 e. The van der Waals surface area contributed by atoms with Gasteiger partial charge < -0.3 is 20.1 Å². The van der Waals surface area contributed by atoms with Crippen LogP contribution >= 0.6 is 11.8 Å². The summed E-state index contributed by atoms with van der Waals surface area (Å²) in [5.74, 6) is 2.46. The number of thioether (sulfide) groups is 1. The number of anilines is 2. The van der Waals surface area contributed by atoms with Crippen LogP contribution in [0.5, 0.6) is 11.5 Å². The lowest BCUT2D eigenvalue weighted by molar-refractivity contribution is -0.113. The zero-order valence-electron chi connectivity index (χ0n) is 24.0. The Morgan fingerprint density at radius 2 is 1.80 bits per heavy atom. The van der Waals surface area contributed by atoms with E-state index in [-0.39, 0.29) is 5.91 Å². The van der Waals surface area contributed by atoms with Gasteiger partial charge in [0.1, 0.15) is 12.6 Å². The Labute approximate surface area is 245 Å². The monoisotopic (exact) mass is 569 g/mol. The number of aryl methyl sites for hydroxylation is 1. The predicted molar refractivity (Wildman–Crippen MR) is 164 cm³/mol. The lowest BCUT2D eigenvalue weighted by Crippen LogP contribution is -2.31. The summed E-state index contributed by atoms with van der Waals surface area (Å²) in [6.45, 7) is 10.8. The van der Waals surface area contributed by atoms with Crippen LogP contribution in [0.1, 0.15) is 49.1 Å². The molecule has 1 aliphatic rings. The van der Waals surface area contributed by atoms with Crippen molar-refractivity contribution in [3.63, 3.8) is 0 Å². The first-order chi connectivity index (χ1) is 19.9. The van der Waals surface area contributed by atoms with E-state index in [9.17, 15) is 4.79 Å². The lowest BCUT2D eigenvalue weighted by Gasteiger charge is -2.29. The average molecular weight is 570 g/mol. The molecule has 0 radical (unpaired) electrons. The van der Waals surface area contributed by atoms with E-state index in [2.05, 4.69) is 17.6 Å². The highest BCUT2D eigenvalue weighted by atomic mass is 32.2. The van der Waals surface area contributed by atoms with Crippen LogP contribution in [0.2, 0.25) is 0 Å². The Morgan fingerprint density at radius 1 is 1.00 bits per heavy atom. The molecule has 1 unspecified atom stereocenters. The first kappa shape index (κ1) is 28.3. The normalized spacial score (nSPS) is 14.3. The first-order valence-corrected chi connectivity index (χ1v) is 14.8. The van der Waals surface area contributed by atoms with Crippen LogP contribution in [0.25, 0.3) is 0 Å². The number of amides is 1. The summed E-state index contributed by atoms with van der Waals surface area (Å²) in [5, 5.41) is 11.9. The second kappa shape index (κ2) is 12.5. The molecule has 1 aliphatic heterocycles. The van der Waals surface area contributed by atoms with Crippen LogP contribution in [0.15, 0.2) is 83.2 Å². The molecule has 0 bridgehead atoms. The summed E-state index contributed by atoms with van der Waals surface area (Å²) in [6, 6.07) is 21.2. The number of nitrogens with zero attached hydrogens (tertiary/aromatic N) is 3. The van der Waals surface area contributed by atoms with Gasteiger partial charge in [-0.1, -0.05) is 67.2 Å². The summed E-state index contributed by atoms with van der Waals surface area (Å²) >= 11 is 1.55. The van der Waals surface area contributed by atoms with Gasteiger partial charge in [-0.05, 0) is 73.9 Å². The quantitative estimate of drug-likeness (QED) is 0.201. The van der Waals surface area contributed by atoms with Crippen molar-refractivity contribution in [1.82, 2.24) is 14.8 Å². The fraction of sp³-hybridized carbons (Fsp3) is 0.281. The molecule has 1 atom stereocenters. The summed E-state index contributed by atoms with van der Waals surface area (Å²) in [5.41, 5.74) is 6.09. The summed E-state index contributed by atoms with van der Waals surface area (Å²) < 4.78 is 14.0. The molecule has 0 saturated heterocycles. The van der Waals surface area contributed by atoms with Crippen molar-refractivity contribution >= 4 is 29.3 Å². The molecule has 2 N–H and O–H groups in total. The minimum absolute atomic E-state index is 0.207. The SMILES string of the molecule is CCOc1cc(C2C(C(=O)Nc3cccc(C)c3C)=C(C)Nc3nc(SCC)nn32)ccc1OCc1ccccc1. The molecule has 3 aromatic carbocycles. The fourth-order valence-electron chi connectivity index (χ4n) is 4.82. The summed E-state index contributed by atoms with van der Waals surface area (Å²) in [6.07, 6.45) is 0. The minimum atomic E-state index is -0.530. The number of rotatable bonds is 10. The number of nitrogens with one attached hydrogen (secondary N) is 2. The van der Waals surface area contributed by atoms with Gasteiger partial charge in [0, 0.05) is 11.4 Å². The standard InChI is InChI=1S/C32H35N5O3S/c1-6-39-27-18-24(16-17-26(27)40-19-23-13-9-8-10-14-23)29-28(30(38)34-25-15-11-12-20(3)21(25)4)22(5)33-31-35-32(41-7-2)36-37(29)31/h8-18,29H,6-7,19H2,1-5H3,(H,34,38)(H,33,35,36). The van der Waals surface area contributed by atoms with E-state index in [1.54, 1.807) is 16.4 Å². The number of ether oxygens (including phenoxy) is 2. The third-order valence-corrected chi connectivity index (χ3v) is 7.74. The smallest absolute Gasteiger partial charge is 0.255 e. The third-order valence-electron chi connectivity index (χ3n) is 7.02. The van der Waals surface area contributed by atoms with E-state index in [0.717, 1.165) is 33.7 Å². The molecule has 0 spiro atoms. The maximum absolute atomic E-state index is 14.0. The van der Waals surface area contributed by atoms with Crippen molar-refractivity contribution in [3.05, 3.63) is 100 Å². The second-order valence-electron chi connectivity index (χ2n) is 9.78. The van der Waals surface area contributed by atoms with Gasteiger partial charge >= 0.3 is 0 Å². The Morgan fingerprint density at radius 3 is 2.56 bits per heavy atom. The zero-order valence-corrected chi connectivity index (χ0v) is 24.8. The molecule has 2 heterocycles. The van der Waals surface area contributed by atoms with Crippen molar-refractivity contribution in [3.8, 4) is 11.5 Å². The molecule has 0 saturated carbocycles. The van der Waals surface area contributed by atoms with Crippen LogP contribution in [0, 0.1) is 13.8 Å². The van der Waals surface area contributed by atoms with E-state index < -0.39 is 6.04 Å². The third kappa shape index (κ3) is 6.10. The number of benzene rings is 3. The van der Waals surface area contributed by atoms with E-state index in [4.69, 9.17) is 19.6 Å². The molecule has 212 valence electrons. The molecular weight excluding hydrogens is 534 g/mol.